The van der Waals surface area contributed by atoms with Crippen molar-refractivity contribution >= 4 is 34.6 Å². The zero-order valence-corrected chi connectivity index (χ0v) is 16.1. The lowest BCUT2D eigenvalue weighted by molar-refractivity contribution is -0.148. The zero-order valence-electron chi connectivity index (χ0n) is 14.4. The second-order valence-corrected chi connectivity index (χ2v) is 8.10. The molecule has 0 fully saturated rings. The van der Waals surface area contributed by atoms with Gasteiger partial charge in [-0.2, -0.15) is 0 Å². The molecule has 0 spiro atoms. The Morgan fingerprint density at radius 1 is 1.17 bits per heavy atom. The molecule has 24 heavy (non-hydrogen) atoms. The Kier molecular flexibility index (Phi) is 6.57. The van der Waals surface area contributed by atoms with Crippen molar-refractivity contribution in [1.29, 1.82) is 0 Å². The van der Waals surface area contributed by atoms with Crippen LogP contribution >= 0.6 is 22.7 Å². The van der Waals surface area contributed by atoms with Crippen molar-refractivity contribution in [1.82, 2.24) is 5.32 Å². The maximum absolute atomic E-state index is 12.3. The first-order valence-electron chi connectivity index (χ1n) is 7.95. The van der Waals surface area contributed by atoms with Crippen LogP contribution in [0.25, 0.3) is 10.4 Å². The summed E-state index contributed by atoms with van der Waals surface area (Å²) < 4.78 is 5.15. The number of carbonyl (C=O) groups excluding carboxylic acids is 2. The molecule has 4 nitrogen and oxygen atoms in total. The van der Waals surface area contributed by atoms with Crippen molar-refractivity contribution in [2.24, 2.45) is 5.92 Å². The Hall–Kier alpha value is -1.66. The van der Waals surface area contributed by atoms with Crippen LogP contribution in [-0.2, 0) is 20.7 Å². The smallest absolute Gasteiger partial charge is 0.328 e. The second kappa shape index (κ2) is 8.44. The summed E-state index contributed by atoms with van der Waals surface area (Å²) in [5.74, 6) is -0.279. The number of rotatable bonds is 7. The number of carbonyl (C=O) groups is 2. The molecule has 1 N–H and O–H groups in total. The minimum Gasteiger partial charge on any atom is -0.464 e. The number of amides is 1. The summed E-state index contributed by atoms with van der Waals surface area (Å²) in [5.41, 5.74) is 2.32. The first kappa shape index (κ1) is 18.7. The molecule has 0 radical (unpaired) electrons. The summed E-state index contributed by atoms with van der Waals surface area (Å²) in [7, 11) is 0. The van der Waals surface area contributed by atoms with Gasteiger partial charge in [0.15, 0.2) is 0 Å². The van der Waals surface area contributed by atoms with Crippen LogP contribution < -0.4 is 5.32 Å². The van der Waals surface area contributed by atoms with Gasteiger partial charge in [0.2, 0.25) is 5.91 Å². The normalized spacial score (nSPS) is 12.2. The van der Waals surface area contributed by atoms with E-state index in [2.05, 4.69) is 23.7 Å². The second-order valence-electron chi connectivity index (χ2n) is 6.18. The predicted octanol–water partition coefficient (Wildman–Crippen LogP) is 4.03. The van der Waals surface area contributed by atoms with Crippen molar-refractivity contribution < 1.29 is 14.3 Å². The summed E-state index contributed by atoms with van der Waals surface area (Å²) in [4.78, 5) is 26.3. The molecule has 130 valence electrons. The van der Waals surface area contributed by atoms with Gasteiger partial charge >= 0.3 is 5.97 Å². The van der Waals surface area contributed by atoms with Gasteiger partial charge in [-0.1, -0.05) is 13.8 Å². The lowest BCUT2D eigenvalue weighted by Crippen LogP contribution is -2.40. The van der Waals surface area contributed by atoms with E-state index in [-0.39, 0.29) is 18.2 Å². The van der Waals surface area contributed by atoms with E-state index in [9.17, 15) is 9.59 Å². The van der Waals surface area contributed by atoms with E-state index in [1.807, 2.05) is 25.3 Å². The highest BCUT2D eigenvalue weighted by molar-refractivity contribution is 7.15. The molecule has 2 aromatic heterocycles. The third-order valence-electron chi connectivity index (χ3n) is 3.46. The fourth-order valence-electron chi connectivity index (χ4n) is 2.20. The molecule has 0 aliphatic carbocycles. The van der Waals surface area contributed by atoms with E-state index in [1.54, 1.807) is 29.6 Å². The lowest BCUT2D eigenvalue weighted by atomic mass is 10.1. The molecule has 0 saturated heterocycles. The van der Waals surface area contributed by atoms with Crippen molar-refractivity contribution in [2.75, 3.05) is 6.61 Å². The van der Waals surface area contributed by atoms with Crippen LogP contribution in [-0.4, -0.2) is 24.5 Å². The average molecular weight is 366 g/mol. The summed E-state index contributed by atoms with van der Waals surface area (Å²) in [6.45, 7) is 8.04. The van der Waals surface area contributed by atoms with Crippen LogP contribution in [0, 0.1) is 12.8 Å². The molecule has 2 heterocycles. The Morgan fingerprint density at radius 3 is 2.50 bits per heavy atom. The molecule has 0 unspecified atom stereocenters. The maximum atomic E-state index is 12.3. The molecule has 1 amide bonds. The predicted molar refractivity (Wildman–Crippen MR) is 99.5 cm³/mol. The Balaban J connectivity index is 1.95. The average Bonchev–Trinajstić information content (AvgIpc) is 3.12. The number of thiophene rings is 2. The van der Waals surface area contributed by atoms with Gasteiger partial charge in [0.25, 0.3) is 0 Å². The standard InChI is InChI=1S/C18H23NO3S2/c1-11(2)10-22-18(21)13(4)19-16(20)9-15-14(6-8-23-15)17-12(3)5-7-24-17/h5-8,11,13H,9-10H2,1-4H3,(H,19,20)/t13-/m0/s1. The third kappa shape index (κ3) is 4.92. The molecule has 0 bridgehead atoms. The van der Waals surface area contributed by atoms with E-state index in [0.717, 1.165) is 10.4 Å². The van der Waals surface area contributed by atoms with Crippen LogP contribution in [0.5, 0.6) is 0 Å². The minimum atomic E-state index is -0.636. The number of hydrogen-bond acceptors (Lipinski definition) is 5. The number of esters is 1. The minimum absolute atomic E-state index is 0.165. The monoisotopic (exact) mass is 365 g/mol. The summed E-state index contributed by atoms with van der Waals surface area (Å²) in [6, 6.07) is 3.49. The van der Waals surface area contributed by atoms with Gasteiger partial charge in [0.05, 0.1) is 13.0 Å². The van der Waals surface area contributed by atoms with Crippen molar-refractivity contribution in [3.05, 3.63) is 33.3 Å². The van der Waals surface area contributed by atoms with Crippen molar-refractivity contribution in [2.45, 2.75) is 40.2 Å². The Bertz CT molecular complexity index is 703. The summed E-state index contributed by atoms with van der Waals surface area (Å²) in [6.07, 6.45) is 0.270. The quantitative estimate of drug-likeness (QED) is 0.754. The van der Waals surface area contributed by atoms with Gasteiger partial charge in [0.1, 0.15) is 6.04 Å². The first-order valence-corrected chi connectivity index (χ1v) is 9.71. The fraction of sp³-hybridized carbons (Fsp3) is 0.444. The summed E-state index contributed by atoms with van der Waals surface area (Å²) >= 11 is 3.24. The van der Waals surface area contributed by atoms with E-state index in [0.29, 0.717) is 6.61 Å². The molecule has 1 atom stereocenters. The molecule has 0 saturated carbocycles. The van der Waals surface area contributed by atoms with Gasteiger partial charge in [-0.15, -0.1) is 22.7 Å². The van der Waals surface area contributed by atoms with Gasteiger partial charge in [0, 0.05) is 15.3 Å². The highest BCUT2D eigenvalue weighted by atomic mass is 32.1. The Labute approximate surface area is 150 Å². The van der Waals surface area contributed by atoms with E-state index in [4.69, 9.17) is 4.74 Å². The van der Waals surface area contributed by atoms with Crippen LogP contribution in [0.15, 0.2) is 22.9 Å². The van der Waals surface area contributed by atoms with Crippen LogP contribution in [0.3, 0.4) is 0 Å². The molecular weight excluding hydrogens is 342 g/mol. The van der Waals surface area contributed by atoms with Gasteiger partial charge in [-0.05, 0) is 48.2 Å². The third-order valence-corrected chi connectivity index (χ3v) is 5.43. The molecule has 6 heteroatoms. The molecule has 0 aromatic carbocycles. The van der Waals surface area contributed by atoms with Crippen LogP contribution in [0.1, 0.15) is 31.2 Å². The van der Waals surface area contributed by atoms with Crippen molar-refractivity contribution in [3.8, 4) is 10.4 Å². The Morgan fingerprint density at radius 2 is 1.88 bits per heavy atom. The van der Waals surface area contributed by atoms with E-state index < -0.39 is 12.0 Å². The number of hydrogen-bond donors (Lipinski definition) is 1. The highest BCUT2D eigenvalue weighted by Crippen LogP contribution is 2.34. The molecule has 0 aliphatic rings. The fourth-order valence-corrected chi connectivity index (χ4v) is 4.12. The van der Waals surface area contributed by atoms with Crippen LogP contribution in [0.2, 0.25) is 0 Å². The van der Waals surface area contributed by atoms with E-state index >= 15 is 0 Å². The van der Waals surface area contributed by atoms with Gasteiger partial charge in [-0.3, -0.25) is 4.79 Å². The number of ether oxygens (including phenoxy) is 1. The highest BCUT2D eigenvalue weighted by Gasteiger charge is 2.19. The van der Waals surface area contributed by atoms with Gasteiger partial charge in [-0.25, -0.2) is 4.79 Å². The topological polar surface area (TPSA) is 55.4 Å². The summed E-state index contributed by atoms with van der Waals surface area (Å²) in [5, 5.41) is 6.78. The van der Waals surface area contributed by atoms with Crippen LogP contribution in [0.4, 0.5) is 0 Å². The number of aryl methyl sites for hydroxylation is 1. The SMILES string of the molecule is Cc1ccsc1-c1ccsc1CC(=O)N[C@@H](C)C(=O)OCC(C)C. The molecular formula is C18H23NO3S2. The first-order chi connectivity index (χ1) is 11.4. The molecule has 0 aliphatic heterocycles. The zero-order chi connectivity index (χ0) is 17.7. The van der Waals surface area contributed by atoms with Crippen molar-refractivity contribution in [3.63, 3.8) is 0 Å². The lowest BCUT2D eigenvalue weighted by Gasteiger charge is -2.14. The largest absolute Gasteiger partial charge is 0.464 e. The molecule has 2 rings (SSSR count). The maximum Gasteiger partial charge on any atom is 0.328 e. The van der Waals surface area contributed by atoms with Gasteiger partial charge < -0.3 is 10.1 Å². The number of nitrogens with one attached hydrogen (secondary N) is 1. The van der Waals surface area contributed by atoms with E-state index in [1.165, 1.54) is 10.4 Å². The molecule has 2 aromatic rings.